The molecule has 42 heavy (non-hydrogen) atoms. The molecule has 2 rings (SSSR count). The average Bonchev–Trinajstić information content (AvgIpc) is 2.87. The van der Waals surface area contributed by atoms with E-state index in [2.05, 4.69) is 30.5 Å². The monoisotopic (exact) mass is 579 g/mol. The first-order valence-electron chi connectivity index (χ1n) is 15.3. The van der Waals surface area contributed by atoms with Crippen molar-refractivity contribution in [1.29, 1.82) is 0 Å². The van der Waals surface area contributed by atoms with Crippen molar-refractivity contribution in [3.8, 4) is 0 Å². The van der Waals surface area contributed by atoms with Crippen molar-refractivity contribution in [2.45, 2.75) is 119 Å². The van der Waals surface area contributed by atoms with Crippen LogP contribution in [0, 0.1) is 32.6 Å². The van der Waals surface area contributed by atoms with Gasteiger partial charge in [0.1, 0.15) is 17.7 Å². The Morgan fingerprint density at radius 3 is 2.02 bits per heavy atom. The Morgan fingerprint density at radius 1 is 0.905 bits per heavy atom. The quantitative estimate of drug-likeness (QED) is 0.268. The van der Waals surface area contributed by atoms with Crippen LogP contribution in [0.4, 0.5) is 10.5 Å². The van der Waals surface area contributed by atoms with Gasteiger partial charge in [0.15, 0.2) is 0 Å². The third kappa shape index (κ3) is 10.2. The van der Waals surface area contributed by atoms with E-state index < -0.39 is 23.8 Å². The predicted octanol–water partition coefficient (Wildman–Crippen LogP) is 7.88. The number of aryl methyl sites for hydroxylation is 3. The molecule has 232 valence electrons. The molecule has 0 aliphatic carbocycles. The lowest BCUT2D eigenvalue weighted by Crippen LogP contribution is -2.57. The molecular formula is C35H53N3O4. The molecule has 0 heterocycles. The molecular weight excluding hydrogens is 526 g/mol. The Labute approximate surface area is 253 Å². The molecule has 2 aromatic carbocycles. The highest BCUT2D eigenvalue weighted by Crippen LogP contribution is 2.31. The van der Waals surface area contributed by atoms with Gasteiger partial charge in [-0.2, -0.15) is 0 Å². The molecule has 7 heteroatoms. The highest BCUT2D eigenvalue weighted by Gasteiger charge is 2.40. The van der Waals surface area contributed by atoms with E-state index in [0.717, 1.165) is 28.7 Å². The summed E-state index contributed by atoms with van der Waals surface area (Å²) in [4.78, 5) is 43.7. The number of hydrogen-bond donors (Lipinski definition) is 2. The summed E-state index contributed by atoms with van der Waals surface area (Å²) < 4.78 is 5.55. The number of amides is 3. The second-order valence-electron chi connectivity index (χ2n) is 13.2. The second kappa shape index (κ2) is 15.2. The number of alkyl carbamates (subject to hydrolysis) is 1. The molecule has 2 N–H and O–H groups in total. The number of ether oxygens (including phenoxy) is 1. The number of hydrogen-bond acceptors (Lipinski definition) is 4. The topological polar surface area (TPSA) is 87.7 Å². The van der Waals surface area contributed by atoms with Crippen LogP contribution < -0.4 is 10.6 Å². The van der Waals surface area contributed by atoms with E-state index in [9.17, 15) is 14.4 Å². The number of carbonyl (C=O) groups is 3. The summed E-state index contributed by atoms with van der Waals surface area (Å²) in [6, 6.07) is 11.6. The maximum atomic E-state index is 14.7. The highest BCUT2D eigenvalue weighted by atomic mass is 16.6. The summed E-state index contributed by atoms with van der Waals surface area (Å²) in [5.41, 5.74) is 3.66. The lowest BCUT2D eigenvalue weighted by atomic mass is 9.92. The van der Waals surface area contributed by atoms with Crippen molar-refractivity contribution < 1.29 is 19.1 Å². The minimum Gasteiger partial charge on any atom is -0.444 e. The number of anilines is 1. The number of benzene rings is 2. The molecule has 0 saturated heterocycles. The van der Waals surface area contributed by atoms with Crippen molar-refractivity contribution in [3.63, 3.8) is 0 Å². The summed E-state index contributed by atoms with van der Waals surface area (Å²) in [7, 11) is 0. The van der Waals surface area contributed by atoms with E-state index in [1.807, 2.05) is 77.9 Å². The Bertz CT molecular complexity index is 1200. The first-order chi connectivity index (χ1) is 19.5. The summed E-state index contributed by atoms with van der Waals surface area (Å²) in [6.45, 7) is 21.5. The van der Waals surface area contributed by atoms with Gasteiger partial charge in [0, 0.05) is 11.7 Å². The number of nitrogens with one attached hydrogen (secondary N) is 2. The van der Waals surface area contributed by atoms with Crippen LogP contribution >= 0.6 is 0 Å². The predicted molar refractivity (Wildman–Crippen MR) is 171 cm³/mol. The first kappa shape index (κ1) is 34.8. The minimum atomic E-state index is -0.912. The van der Waals surface area contributed by atoms with Gasteiger partial charge in [0.25, 0.3) is 5.91 Å². The van der Waals surface area contributed by atoms with Gasteiger partial charge in [-0.25, -0.2) is 4.79 Å². The second-order valence-corrected chi connectivity index (χ2v) is 13.2. The molecule has 2 aromatic rings. The van der Waals surface area contributed by atoms with Crippen molar-refractivity contribution >= 4 is 23.6 Å². The standard InChI is InChI=1S/C35H53N3O4/c1-12-25(6)30(37-34(41)42-35(9,10)11)33(40)38(27(8)18-17-22(2)3)31(28-20-23(4)19-24(5)21-28)32(39)36-29-16-14-13-15-26(29)7/h13-16,19-22,25,27,30-31H,12,17-18H2,1-11H3,(H,36,39)(H,37,41). The van der Waals surface area contributed by atoms with Crippen LogP contribution in [-0.2, 0) is 14.3 Å². The molecule has 3 amide bonds. The Balaban J connectivity index is 2.71. The van der Waals surface area contributed by atoms with E-state index in [4.69, 9.17) is 4.74 Å². The third-order valence-electron chi connectivity index (χ3n) is 7.53. The summed E-state index contributed by atoms with van der Waals surface area (Å²) in [5, 5.41) is 5.98. The van der Waals surface area contributed by atoms with Gasteiger partial charge < -0.3 is 20.3 Å². The van der Waals surface area contributed by atoms with Gasteiger partial charge in [0.05, 0.1) is 0 Å². The highest BCUT2D eigenvalue weighted by molar-refractivity contribution is 5.99. The molecule has 0 radical (unpaired) electrons. The molecule has 0 spiro atoms. The summed E-state index contributed by atoms with van der Waals surface area (Å²) in [6.07, 6.45) is 1.60. The van der Waals surface area contributed by atoms with Crippen molar-refractivity contribution in [2.24, 2.45) is 11.8 Å². The summed E-state index contributed by atoms with van der Waals surface area (Å²) >= 11 is 0. The van der Waals surface area contributed by atoms with Crippen molar-refractivity contribution in [1.82, 2.24) is 10.2 Å². The van der Waals surface area contributed by atoms with Crippen molar-refractivity contribution in [3.05, 3.63) is 64.7 Å². The van der Waals surface area contributed by atoms with Crippen molar-refractivity contribution in [2.75, 3.05) is 5.32 Å². The molecule has 0 aliphatic heterocycles. The normalized spacial score (nSPS) is 14.5. The third-order valence-corrected chi connectivity index (χ3v) is 7.53. The van der Waals surface area contributed by atoms with Crippen LogP contribution in [-0.4, -0.2) is 40.5 Å². The molecule has 0 aliphatic rings. The van der Waals surface area contributed by atoms with Crippen LogP contribution in [0.3, 0.4) is 0 Å². The van der Waals surface area contributed by atoms with E-state index in [-0.39, 0.29) is 23.8 Å². The zero-order valence-corrected chi connectivity index (χ0v) is 27.6. The number of nitrogens with zero attached hydrogens (tertiary/aromatic N) is 1. The Morgan fingerprint density at radius 2 is 1.50 bits per heavy atom. The van der Waals surface area contributed by atoms with Crippen LogP contribution in [0.2, 0.25) is 0 Å². The molecule has 0 fully saturated rings. The molecule has 4 atom stereocenters. The lowest BCUT2D eigenvalue weighted by Gasteiger charge is -2.40. The fourth-order valence-corrected chi connectivity index (χ4v) is 5.11. The Kier molecular flexibility index (Phi) is 12.6. The van der Waals surface area contributed by atoms with Gasteiger partial charge in [-0.15, -0.1) is 0 Å². The molecule has 4 unspecified atom stereocenters. The molecule has 0 aromatic heterocycles. The molecule has 0 bridgehead atoms. The van der Waals surface area contributed by atoms with Gasteiger partial charge >= 0.3 is 6.09 Å². The number of carbonyl (C=O) groups excluding carboxylic acids is 3. The smallest absolute Gasteiger partial charge is 0.408 e. The van der Waals surface area contributed by atoms with Gasteiger partial charge in [-0.3, -0.25) is 9.59 Å². The van der Waals surface area contributed by atoms with Gasteiger partial charge in [0.2, 0.25) is 5.91 Å². The van der Waals surface area contributed by atoms with E-state index >= 15 is 0 Å². The van der Waals surface area contributed by atoms with Gasteiger partial charge in [-0.1, -0.05) is 81.6 Å². The first-order valence-corrected chi connectivity index (χ1v) is 15.3. The lowest BCUT2D eigenvalue weighted by molar-refractivity contribution is -0.144. The minimum absolute atomic E-state index is 0.191. The maximum absolute atomic E-state index is 14.7. The largest absolute Gasteiger partial charge is 0.444 e. The Hall–Kier alpha value is -3.35. The van der Waals surface area contributed by atoms with E-state index in [0.29, 0.717) is 24.4 Å². The maximum Gasteiger partial charge on any atom is 0.408 e. The fraction of sp³-hybridized carbons (Fsp3) is 0.571. The van der Waals surface area contributed by atoms with Gasteiger partial charge in [-0.05, 0) is 90.3 Å². The number of para-hydroxylation sites is 1. The zero-order chi connectivity index (χ0) is 31.8. The fourth-order valence-electron chi connectivity index (χ4n) is 5.11. The van der Waals surface area contributed by atoms with Crippen LogP contribution in [0.1, 0.15) is 103 Å². The molecule has 0 saturated carbocycles. The zero-order valence-electron chi connectivity index (χ0n) is 27.6. The summed E-state index contributed by atoms with van der Waals surface area (Å²) in [5.74, 6) is -0.353. The van der Waals surface area contributed by atoms with E-state index in [1.54, 1.807) is 25.7 Å². The van der Waals surface area contributed by atoms with E-state index in [1.165, 1.54) is 0 Å². The number of rotatable bonds is 12. The molecule has 7 nitrogen and oxygen atoms in total. The van der Waals surface area contributed by atoms with Crippen LogP contribution in [0.25, 0.3) is 0 Å². The average molecular weight is 580 g/mol. The SMILES string of the molecule is CCC(C)C(NC(=O)OC(C)(C)C)C(=O)N(C(C)CCC(C)C)C(C(=O)Nc1ccccc1C)c1cc(C)cc(C)c1. The van der Waals surface area contributed by atoms with Crippen LogP contribution in [0.5, 0.6) is 0 Å². The van der Waals surface area contributed by atoms with Crippen LogP contribution in [0.15, 0.2) is 42.5 Å².